The lowest BCUT2D eigenvalue weighted by molar-refractivity contribution is 0.151. The largest absolute Gasteiger partial charge is 0.396 e. The summed E-state index contributed by atoms with van der Waals surface area (Å²) >= 11 is 0. The fraction of sp³-hybridized carbons (Fsp3) is 0.636. The highest BCUT2D eigenvalue weighted by Gasteiger charge is 1.92. The zero-order valence-electron chi connectivity index (χ0n) is 8.62. The second kappa shape index (κ2) is 9.49. The molecule has 0 aliphatic heterocycles. The molecule has 76 valence electrons. The van der Waals surface area contributed by atoms with Gasteiger partial charge in [0, 0.05) is 13.2 Å². The van der Waals surface area contributed by atoms with E-state index < -0.39 is 0 Å². The zero-order valence-corrected chi connectivity index (χ0v) is 8.62. The summed E-state index contributed by atoms with van der Waals surface area (Å²) in [6.07, 6.45) is 7.78. The highest BCUT2D eigenvalue weighted by molar-refractivity contribution is 5.17. The third-order valence-corrected chi connectivity index (χ3v) is 1.66. The molecule has 0 atom stereocenters. The van der Waals surface area contributed by atoms with Crippen LogP contribution in [-0.4, -0.2) is 24.9 Å². The molecule has 13 heavy (non-hydrogen) atoms. The Balaban J connectivity index is 3.79. The van der Waals surface area contributed by atoms with Crippen molar-refractivity contribution in [1.82, 2.24) is 0 Å². The first-order valence-electron chi connectivity index (χ1n) is 4.85. The zero-order chi connectivity index (χ0) is 9.94. The highest BCUT2D eigenvalue weighted by Crippen LogP contribution is 2.05. The van der Waals surface area contributed by atoms with Crippen LogP contribution < -0.4 is 0 Å². The fourth-order valence-corrected chi connectivity index (χ4v) is 1.05. The van der Waals surface area contributed by atoms with Crippen LogP contribution in [-0.2, 0) is 4.74 Å². The molecular formula is C11H20O2. The topological polar surface area (TPSA) is 29.5 Å². The smallest absolute Gasteiger partial charge is 0.0506 e. The van der Waals surface area contributed by atoms with Gasteiger partial charge in [-0.05, 0) is 32.3 Å². The van der Waals surface area contributed by atoms with Gasteiger partial charge in [-0.15, -0.1) is 0 Å². The lowest BCUT2D eigenvalue weighted by atomic mass is 10.1. The average molecular weight is 184 g/mol. The average Bonchev–Trinajstić information content (AvgIpc) is 2.14. The Morgan fingerprint density at radius 2 is 2.23 bits per heavy atom. The first-order chi connectivity index (χ1) is 6.35. The molecule has 0 aliphatic carbocycles. The molecule has 0 aromatic carbocycles. The van der Waals surface area contributed by atoms with E-state index in [1.165, 1.54) is 5.57 Å². The molecule has 0 aromatic rings. The van der Waals surface area contributed by atoms with Crippen LogP contribution in [0.1, 0.15) is 26.7 Å². The monoisotopic (exact) mass is 184 g/mol. The number of rotatable bonds is 7. The standard InChI is InChI=1S/C11H20O2/c1-3-6-11(7-5-9-12)8-10-13-4-2/h3,6-7,12H,4-5,8-10H2,1-2H3. The Hall–Kier alpha value is -0.600. The van der Waals surface area contributed by atoms with Crippen LogP contribution in [0.3, 0.4) is 0 Å². The molecule has 0 spiro atoms. The second-order valence-electron chi connectivity index (χ2n) is 2.74. The summed E-state index contributed by atoms with van der Waals surface area (Å²) in [5, 5.41) is 8.66. The van der Waals surface area contributed by atoms with Crippen LogP contribution in [0.15, 0.2) is 23.8 Å². The molecule has 0 heterocycles. The third-order valence-electron chi connectivity index (χ3n) is 1.66. The first-order valence-corrected chi connectivity index (χ1v) is 4.85. The molecule has 0 rings (SSSR count). The molecule has 0 aliphatic rings. The van der Waals surface area contributed by atoms with Crippen molar-refractivity contribution in [1.29, 1.82) is 0 Å². The van der Waals surface area contributed by atoms with Crippen LogP contribution in [0.25, 0.3) is 0 Å². The molecule has 0 aromatic heterocycles. The minimum atomic E-state index is 0.218. The lowest BCUT2D eigenvalue weighted by Gasteiger charge is -2.02. The Morgan fingerprint density at radius 1 is 1.46 bits per heavy atom. The van der Waals surface area contributed by atoms with E-state index >= 15 is 0 Å². The van der Waals surface area contributed by atoms with E-state index in [2.05, 4.69) is 12.2 Å². The summed E-state index contributed by atoms with van der Waals surface area (Å²) in [5.41, 5.74) is 1.24. The van der Waals surface area contributed by atoms with Gasteiger partial charge >= 0.3 is 0 Å². The number of hydrogen-bond acceptors (Lipinski definition) is 2. The van der Waals surface area contributed by atoms with Crippen LogP contribution in [0, 0.1) is 0 Å². The van der Waals surface area contributed by atoms with Crippen molar-refractivity contribution in [3.8, 4) is 0 Å². The van der Waals surface area contributed by atoms with Crippen LogP contribution in [0.5, 0.6) is 0 Å². The van der Waals surface area contributed by atoms with E-state index in [0.29, 0.717) is 0 Å². The first kappa shape index (κ1) is 12.4. The van der Waals surface area contributed by atoms with Crippen molar-refractivity contribution in [2.45, 2.75) is 26.7 Å². The number of allylic oxidation sites excluding steroid dienone is 2. The summed E-state index contributed by atoms with van der Waals surface area (Å²) in [7, 11) is 0. The molecule has 2 heteroatoms. The van der Waals surface area contributed by atoms with Gasteiger partial charge in [-0.3, -0.25) is 0 Å². The summed E-state index contributed by atoms with van der Waals surface area (Å²) in [6.45, 7) is 5.73. The van der Waals surface area contributed by atoms with E-state index in [1.807, 2.05) is 19.9 Å². The second-order valence-corrected chi connectivity index (χ2v) is 2.74. The van der Waals surface area contributed by atoms with Crippen molar-refractivity contribution in [2.24, 2.45) is 0 Å². The van der Waals surface area contributed by atoms with E-state index in [1.54, 1.807) is 0 Å². The molecule has 0 amide bonds. The van der Waals surface area contributed by atoms with Crippen LogP contribution in [0.4, 0.5) is 0 Å². The Morgan fingerprint density at radius 3 is 2.77 bits per heavy atom. The highest BCUT2D eigenvalue weighted by atomic mass is 16.5. The molecule has 0 saturated carbocycles. The van der Waals surface area contributed by atoms with Gasteiger partial charge in [-0.1, -0.05) is 18.2 Å². The lowest BCUT2D eigenvalue weighted by Crippen LogP contribution is -1.94. The SMILES string of the molecule is CC=CC(=CCCO)CCOCC. The van der Waals surface area contributed by atoms with Gasteiger partial charge in [0.05, 0.1) is 6.61 Å². The molecule has 1 N–H and O–H groups in total. The molecule has 0 fully saturated rings. The molecule has 2 nitrogen and oxygen atoms in total. The minimum absolute atomic E-state index is 0.218. The number of aliphatic hydroxyl groups excluding tert-OH is 1. The van der Waals surface area contributed by atoms with E-state index in [-0.39, 0.29) is 6.61 Å². The van der Waals surface area contributed by atoms with Crippen LogP contribution in [0.2, 0.25) is 0 Å². The molecule has 0 radical (unpaired) electrons. The fourth-order valence-electron chi connectivity index (χ4n) is 1.05. The minimum Gasteiger partial charge on any atom is -0.396 e. The van der Waals surface area contributed by atoms with Gasteiger partial charge in [-0.2, -0.15) is 0 Å². The predicted molar refractivity (Wildman–Crippen MR) is 55.7 cm³/mol. The maximum Gasteiger partial charge on any atom is 0.0506 e. The van der Waals surface area contributed by atoms with Crippen molar-refractivity contribution in [3.63, 3.8) is 0 Å². The Labute approximate surface area is 80.9 Å². The molecule has 0 unspecified atom stereocenters. The van der Waals surface area contributed by atoms with Crippen molar-refractivity contribution in [3.05, 3.63) is 23.8 Å². The quantitative estimate of drug-likeness (QED) is 0.486. The predicted octanol–water partition coefficient (Wildman–Crippen LogP) is 2.30. The van der Waals surface area contributed by atoms with Gasteiger partial charge in [0.15, 0.2) is 0 Å². The van der Waals surface area contributed by atoms with Gasteiger partial charge in [0.1, 0.15) is 0 Å². The van der Waals surface area contributed by atoms with Gasteiger partial charge in [-0.25, -0.2) is 0 Å². The maximum absolute atomic E-state index is 8.66. The van der Waals surface area contributed by atoms with Crippen molar-refractivity contribution >= 4 is 0 Å². The van der Waals surface area contributed by atoms with Gasteiger partial charge in [0.25, 0.3) is 0 Å². The number of ether oxygens (including phenoxy) is 1. The molecular weight excluding hydrogens is 164 g/mol. The van der Waals surface area contributed by atoms with Crippen molar-refractivity contribution < 1.29 is 9.84 Å². The van der Waals surface area contributed by atoms with Gasteiger partial charge < -0.3 is 9.84 Å². The maximum atomic E-state index is 8.66. The Kier molecular flexibility index (Phi) is 9.05. The third kappa shape index (κ3) is 7.75. The van der Waals surface area contributed by atoms with E-state index in [0.717, 1.165) is 26.1 Å². The Bertz CT molecular complexity index is 159. The number of aliphatic hydroxyl groups is 1. The normalized spacial score (nSPS) is 12.7. The summed E-state index contributed by atoms with van der Waals surface area (Å²) in [5.74, 6) is 0. The molecule has 0 bridgehead atoms. The van der Waals surface area contributed by atoms with E-state index in [9.17, 15) is 0 Å². The number of hydrogen-bond donors (Lipinski definition) is 1. The van der Waals surface area contributed by atoms with Crippen molar-refractivity contribution in [2.75, 3.05) is 19.8 Å². The molecule has 0 saturated heterocycles. The van der Waals surface area contributed by atoms with E-state index in [4.69, 9.17) is 9.84 Å². The van der Waals surface area contributed by atoms with Gasteiger partial charge in [0.2, 0.25) is 0 Å². The summed E-state index contributed by atoms with van der Waals surface area (Å²) in [6, 6.07) is 0. The van der Waals surface area contributed by atoms with Crippen LogP contribution >= 0.6 is 0 Å². The summed E-state index contributed by atoms with van der Waals surface area (Å²) < 4.78 is 5.25. The summed E-state index contributed by atoms with van der Waals surface area (Å²) in [4.78, 5) is 0.